The Labute approximate surface area is 96.9 Å². The van der Waals surface area contributed by atoms with Gasteiger partial charge in [-0.2, -0.15) is 0 Å². The highest BCUT2D eigenvalue weighted by Gasteiger charge is 2.28. The molecule has 4 nitrogen and oxygen atoms in total. The molecule has 1 aliphatic rings. The van der Waals surface area contributed by atoms with E-state index < -0.39 is 0 Å². The molecule has 0 bridgehead atoms. The SMILES string of the molecule is CCC[C@@H]1CC(=O)N(CCCC(=O)OC)C1. The molecular formula is C12H21NO3. The zero-order valence-corrected chi connectivity index (χ0v) is 10.2. The standard InChI is InChI=1S/C12H21NO3/c1-3-5-10-8-11(14)13(9-10)7-4-6-12(15)16-2/h10H,3-9H2,1-2H3/t10-/m1/s1. The highest BCUT2D eigenvalue weighted by molar-refractivity contribution is 5.78. The number of carbonyl (C=O) groups excluding carboxylic acids is 2. The van der Waals surface area contributed by atoms with E-state index in [1.165, 1.54) is 7.11 Å². The first-order valence-corrected chi connectivity index (χ1v) is 6.02. The summed E-state index contributed by atoms with van der Waals surface area (Å²) in [6.45, 7) is 3.70. The number of likely N-dealkylation sites (tertiary alicyclic amines) is 1. The number of esters is 1. The Hall–Kier alpha value is -1.06. The minimum atomic E-state index is -0.197. The number of carbonyl (C=O) groups is 2. The van der Waals surface area contributed by atoms with E-state index in [9.17, 15) is 9.59 Å². The first-order valence-electron chi connectivity index (χ1n) is 6.02. The first kappa shape index (κ1) is 13.0. The zero-order chi connectivity index (χ0) is 12.0. The normalized spacial score (nSPS) is 20.2. The second kappa shape index (κ2) is 6.51. The lowest BCUT2D eigenvalue weighted by atomic mass is 10.0. The van der Waals surface area contributed by atoms with Gasteiger partial charge in [-0.3, -0.25) is 9.59 Å². The van der Waals surface area contributed by atoms with Crippen molar-refractivity contribution in [1.82, 2.24) is 4.90 Å². The molecule has 1 rings (SSSR count). The number of hydrogen-bond acceptors (Lipinski definition) is 3. The van der Waals surface area contributed by atoms with E-state index in [-0.39, 0.29) is 11.9 Å². The molecular weight excluding hydrogens is 206 g/mol. The summed E-state index contributed by atoms with van der Waals surface area (Å²) in [6, 6.07) is 0. The van der Waals surface area contributed by atoms with Crippen LogP contribution in [0.5, 0.6) is 0 Å². The van der Waals surface area contributed by atoms with E-state index in [0.29, 0.717) is 31.7 Å². The second-order valence-electron chi connectivity index (χ2n) is 4.38. The van der Waals surface area contributed by atoms with Crippen LogP contribution in [0.2, 0.25) is 0 Å². The smallest absolute Gasteiger partial charge is 0.305 e. The third-order valence-corrected chi connectivity index (χ3v) is 3.03. The van der Waals surface area contributed by atoms with Gasteiger partial charge in [0.15, 0.2) is 0 Å². The van der Waals surface area contributed by atoms with Gasteiger partial charge in [-0.05, 0) is 18.8 Å². The summed E-state index contributed by atoms with van der Waals surface area (Å²) in [5.74, 6) is 0.565. The quantitative estimate of drug-likeness (QED) is 0.647. The molecule has 0 unspecified atom stereocenters. The number of methoxy groups -OCH3 is 1. The van der Waals surface area contributed by atoms with Crippen LogP contribution in [0.25, 0.3) is 0 Å². The van der Waals surface area contributed by atoms with Gasteiger partial charge >= 0.3 is 5.97 Å². The molecule has 0 aliphatic carbocycles. The molecule has 0 saturated carbocycles. The highest BCUT2D eigenvalue weighted by Crippen LogP contribution is 2.22. The first-order chi connectivity index (χ1) is 7.67. The Morgan fingerprint density at radius 3 is 2.94 bits per heavy atom. The molecule has 4 heteroatoms. The molecule has 1 aliphatic heterocycles. The molecule has 0 aromatic rings. The largest absolute Gasteiger partial charge is 0.469 e. The lowest BCUT2D eigenvalue weighted by Crippen LogP contribution is -2.26. The molecule has 1 fully saturated rings. The molecule has 16 heavy (non-hydrogen) atoms. The molecule has 0 aromatic carbocycles. The summed E-state index contributed by atoms with van der Waals surface area (Å²) < 4.78 is 4.56. The van der Waals surface area contributed by atoms with Crippen molar-refractivity contribution >= 4 is 11.9 Å². The molecule has 0 radical (unpaired) electrons. The van der Waals surface area contributed by atoms with Crippen molar-refractivity contribution in [1.29, 1.82) is 0 Å². The van der Waals surface area contributed by atoms with Crippen LogP contribution in [0, 0.1) is 5.92 Å². The molecule has 1 amide bonds. The van der Waals surface area contributed by atoms with E-state index in [2.05, 4.69) is 11.7 Å². The van der Waals surface area contributed by atoms with Crippen LogP contribution in [0.1, 0.15) is 39.0 Å². The maximum atomic E-state index is 11.6. The summed E-state index contributed by atoms with van der Waals surface area (Å²) >= 11 is 0. The van der Waals surface area contributed by atoms with E-state index in [1.807, 2.05) is 4.90 Å². The monoisotopic (exact) mass is 227 g/mol. The maximum absolute atomic E-state index is 11.6. The predicted molar refractivity (Wildman–Crippen MR) is 60.8 cm³/mol. The second-order valence-corrected chi connectivity index (χ2v) is 4.38. The van der Waals surface area contributed by atoms with Crippen molar-refractivity contribution < 1.29 is 14.3 Å². The van der Waals surface area contributed by atoms with Crippen molar-refractivity contribution in [2.45, 2.75) is 39.0 Å². The average Bonchev–Trinajstić information content (AvgIpc) is 2.60. The van der Waals surface area contributed by atoms with Crippen LogP contribution in [0.4, 0.5) is 0 Å². The van der Waals surface area contributed by atoms with E-state index in [1.54, 1.807) is 0 Å². The summed E-state index contributed by atoms with van der Waals surface area (Å²) in [7, 11) is 1.39. The Kier molecular flexibility index (Phi) is 5.29. The number of nitrogens with zero attached hydrogens (tertiary/aromatic N) is 1. The van der Waals surface area contributed by atoms with Gasteiger partial charge in [0.25, 0.3) is 0 Å². The average molecular weight is 227 g/mol. The van der Waals surface area contributed by atoms with Crippen molar-refractivity contribution in [2.24, 2.45) is 5.92 Å². The molecule has 0 aromatic heterocycles. The summed E-state index contributed by atoms with van der Waals surface area (Å²) in [5.41, 5.74) is 0. The highest BCUT2D eigenvalue weighted by atomic mass is 16.5. The van der Waals surface area contributed by atoms with Gasteiger partial charge in [0.1, 0.15) is 0 Å². The Morgan fingerprint density at radius 1 is 1.56 bits per heavy atom. The Bertz CT molecular complexity index is 253. The molecule has 1 heterocycles. The van der Waals surface area contributed by atoms with Crippen molar-refractivity contribution in [3.63, 3.8) is 0 Å². The molecule has 92 valence electrons. The lowest BCUT2D eigenvalue weighted by Gasteiger charge is -2.15. The van der Waals surface area contributed by atoms with Crippen molar-refractivity contribution in [3.05, 3.63) is 0 Å². The van der Waals surface area contributed by atoms with Crippen LogP contribution in [-0.2, 0) is 14.3 Å². The molecule has 1 saturated heterocycles. The van der Waals surface area contributed by atoms with Crippen LogP contribution >= 0.6 is 0 Å². The van der Waals surface area contributed by atoms with Crippen molar-refractivity contribution in [3.8, 4) is 0 Å². The van der Waals surface area contributed by atoms with Gasteiger partial charge in [-0.15, -0.1) is 0 Å². The third-order valence-electron chi connectivity index (χ3n) is 3.03. The van der Waals surface area contributed by atoms with E-state index in [0.717, 1.165) is 19.4 Å². The van der Waals surface area contributed by atoms with Crippen LogP contribution in [0.3, 0.4) is 0 Å². The van der Waals surface area contributed by atoms with Gasteiger partial charge in [0.2, 0.25) is 5.91 Å². The van der Waals surface area contributed by atoms with Gasteiger partial charge in [0.05, 0.1) is 7.11 Å². The molecule has 0 N–H and O–H groups in total. The topological polar surface area (TPSA) is 46.6 Å². The number of rotatable bonds is 6. The molecule has 1 atom stereocenters. The Morgan fingerprint density at radius 2 is 2.31 bits per heavy atom. The van der Waals surface area contributed by atoms with E-state index >= 15 is 0 Å². The summed E-state index contributed by atoms with van der Waals surface area (Å²) in [5, 5.41) is 0. The van der Waals surface area contributed by atoms with Gasteiger partial charge in [-0.25, -0.2) is 0 Å². The number of amides is 1. The van der Waals surface area contributed by atoms with Crippen molar-refractivity contribution in [2.75, 3.05) is 20.2 Å². The third kappa shape index (κ3) is 3.83. The minimum absolute atomic E-state index is 0.197. The van der Waals surface area contributed by atoms with Gasteiger partial charge in [-0.1, -0.05) is 13.3 Å². The lowest BCUT2D eigenvalue weighted by molar-refractivity contribution is -0.141. The maximum Gasteiger partial charge on any atom is 0.305 e. The minimum Gasteiger partial charge on any atom is -0.469 e. The fraction of sp³-hybridized carbons (Fsp3) is 0.833. The van der Waals surface area contributed by atoms with Crippen LogP contribution in [-0.4, -0.2) is 37.0 Å². The fourth-order valence-electron chi connectivity index (χ4n) is 2.19. The fourth-order valence-corrected chi connectivity index (χ4v) is 2.19. The summed E-state index contributed by atoms with van der Waals surface area (Å²) in [6.07, 6.45) is 4.05. The van der Waals surface area contributed by atoms with Gasteiger partial charge < -0.3 is 9.64 Å². The van der Waals surface area contributed by atoms with Crippen LogP contribution in [0.15, 0.2) is 0 Å². The van der Waals surface area contributed by atoms with Gasteiger partial charge in [0, 0.05) is 25.9 Å². The summed E-state index contributed by atoms with van der Waals surface area (Å²) in [4.78, 5) is 24.4. The van der Waals surface area contributed by atoms with E-state index in [4.69, 9.17) is 0 Å². The predicted octanol–water partition coefficient (Wildman–Crippen LogP) is 1.59. The number of hydrogen-bond donors (Lipinski definition) is 0. The zero-order valence-electron chi connectivity index (χ0n) is 10.2. The Balaban J connectivity index is 2.22. The van der Waals surface area contributed by atoms with Crippen LogP contribution < -0.4 is 0 Å². The number of ether oxygens (including phenoxy) is 1. The molecule has 0 spiro atoms.